The zero-order chi connectivity index (χ0) is 18.9. The van der Waals surface area contributed by atoms with E-state index < -0.39 is 34.4 Å². The normalized spacial score (nSPS) is 16.8. The molecule has 134 valence electrons. The number of esters is 1. The van der Waals surface area contributed by atoms with Crippen molar-refractivity contribution in [2.45, 2.75) is 12.3 Å². The monoisotopic (exact) mass is 364 g/mol. The van der Waals surface area contributed by atoms with Crippen LogP contribution in [0.1, 0.15) is 27.6 Å². The van der Waals surface area contributed by atoms with E-state index in [2.05, 4.69) is 5.32 Å². The third kappa shape index (κ3) is 3.37. The Morgan fingerprint density at radius 2 is 1.92 bits per heavy atom. The molecule has 2 aromatic carbocycles. The number of benzene rings is 2. The molecular formula is C17H11F3N2O4. The van der Waals surface area contributed by atoms with Gasteiger partial charge < -0.3 is 10.1 Å². The van der Waals surface area contributed by atoms with Crippen molar-refractivity contribution in [2.75, 3.05) is 5.32 Å². The van der Waals surface area contributed by atoms with Crippen molar-refractivity contribution < 1.29 is 27.6 Å². The van der Waals surface area contributed by atoms with Crippen molar-refractivity contribution in [1.82, 2.24) is 0 Å². The molecule has 0 radical (unpaired) electrons. The highest BCUT2D eigenvalue weighted by atomic mass is 19.4. The largest absolute Gasteiger partial charge is 0.442 e. The van der Waals surface area contributed by atoms with Crippen LogP contribution in [0.25, 0.3) is 0 Å². The summed E-state index contributed by atoms with van der Waals surface area (Å²) in [5.41, 5.74) is -0.843. The smallest absolute Gasteiger partial charge is 0.416 e. The van der Waals surface area contributed by atoms with Crippen LogP contribution in [0.15, 0.2) is 60.4 Å². The maximum absolute atomic E-state index is 12.7. The van der Waals surface area contributed by atoms with Crippen LogP contribution in [0.2, 0.25) is 0 Å². The first-order valence-corrected chi connectivity index (χ1v) is 7.35. The van der Waals surface area contributed by atoms with Crippen LogP contribution in [0.3, 0.4) is 0 Å². The lowest BCUT2D eigenvalue weighted by Gasteiger charge is -2.10. The lowest BCUT2D eigenvalue weighted by Crippen LogP contribution is -2.12. The van der Waals surface area contributed by atoms with Crippen LogP contribution in [0, 0.1) is 10.1 Å². The fraction of sp³-hybridized carbons (Fsp3) is 0.118. The molecule has 9 heteroatoms. The highest BCUT2D eigenvalue weighted by Crippen LogP contribution is 2.36. The van der Waals surface area contributed by atoms with Gasteiger partial charge in [-0.1, -0.05) is 24.3 Å². The van der Waals surface area contributed by atoms with Gasteiger partial charge in [-0.3, -0.25) is 10.1 Å². The molecule has 0 amide bonds. The fourth-order valence-corrected chi connectivity index (χ4v) is 2.53. The Hall–Kier alpha value is -3.36. The van der Waals surface area contributed by atoms with Crippen LogP contribution >= 0.6 is 0 Å². The lowest BCUT2D eigenvalue weighted by molar-refractivity contribution is -0.436. The summed E-state index contributed by atoms with van der Waals surface area (Å²) in [5, 5.41) is 13.8. The van der Waals surface area contributed by atoms with Gasteiger partial charge in [-0.05, 0) is 24.3 Å². The average molecular weight is 364 g/mol. The van der Waals surface area contributed by atoms with E-state index in [4.69, 9.17) is 4.74 Å². The Balaban J connectivity index is 1.91. The number of nitrogens with zero attached hydrogens (tertiary/aromatic N) is 1. The second-order valence-electron chi connectivity index (χ2n) is 5.42. The Morgan fingerprint density at radius 1 is 1.19 bits per heavy atom. The number of hydrogen-bond acceptors (Lipinski definition) is 5. The molecule has 6 nitrogen and oxygen atoms in total. The predicted octanol–water partition coefficient (Wildman–Crippen LogP) is 4.15. The number of hydrogen-bond donors (Lipinski definition) is 1. The van der Waals surface area contributed by atoms with Gasteiger partial charge in [0.2, 0.25) is 6.10 Å². The number of nitrogens with one attached hydrogen (secondary N) is 1. The maximum Gasteiger partial charge on any atom is 0.416 e. The van der Waals surface area contributed by atoms with Crippen LogP contribution in [-0.2, 0) is 10.9 Å². The Bertz CT molecular complexity index is 909. The molecule has 2 aromatic rings. The molecular weight excluding hydrogens is 353 g/mol. The van der Waals surface area contributed by atoms with Crippen LogP contribution in [0.4, 0.5) is 18.9 Å². The first kappa shape index (κ1) is 17.5. The van der Waals surface area contributed by atoms with Crippen molar-refractivity contribution in [3.63, 3.8) is 0 Å². The molecule has 1 aliphatic heterocycles. The highest BCUT2D eigenvalue weighted by Gasteiger charge is 2.39. The molecule has 0 saturated heterocycles. The zero-order valence-corrected chi connectivity index (χ0v) is 13.0. The fourth-order valence-electron chi connectivity index (χ4n) is 2.53. The molecule has 3 rings (SSSR count). The maximum atomic E-state index is 12.7. The van der Waals surface area contributed by atoms with E-state index in [1.807, 2.05) is 0 Å². The lowest BCUT2D eigenvalue weighted by atomic mass is 10.0. The molecule has 26 heavy (non-hydrogen) atoms. The minimum Gasteiger partial charge on any atom is -0.442 e. The van der Waals surface area contributed by atoms with E-state index in [-0.39, 0.29) is 11.3 Å². The summed E-state index contributed by atoms with van der Waals surface area (Å²) in [5.74, 6) is -0.697. The topological polar surface area (TPSA) is 81.5 Å². The summed E-state index contributed by atoms with van der Waals surface area (Å²) < 4.78 is 43.3. The van der Waals surface area contributed by atoms with Gasteiger partial charge in [0.25, 0.3) is 0 Å². The van der Waals surface area contributed by atoms with Gasteiger partial charge in [0.15, 0.2) is 0 Å². The molecule has 0 aromatic heterocycles. The molecule has 1 unspecified atom stereocenters. The van der Waals surface area contributed by atoms with Gasteiger partial charge in [-0.25, -0.2) is 4.79 Å². The van der Waals surface area contributed by atoms with Crippen LogP contribution in [0.5, 0.6) is 0 Å². The number of carbonyl (C=O) groups excluding carboxylic acids is 1. The molecule has 0 aliphatic carbocycles. The summed E-state index contributed by atoms with van der Waals surface area (Å²) in [6, 6.07) is 10.4. The van der Waals surface area contributed by atoms with Gasteiger partial charge in [-0.15, -0.1) is 0 Å². The van der Waals surface area contributed by atoms with E-state index >= 15 is 0 Å². The van der Waals surface area contributed by atoms with E-state index in [1.165, 1.54) is 24.3 Å². The van der Waals surface area contributed by atoms with Gasteiger partial charge >= 0.3 is 17.8 Å². The minimum absolute atomic E-state index is 0.0109. The van der Waals surface area contributed by atoms with E-state index in [0.717, 1.165) is 18.3 Å². The first-order valence-electron chi connectivity index (χ1n) is 7.35. The minimum atomic E-state index is -4.53. The summed E-state index contributed by atoms with van der Waals surface area (Å²) in [6.45, 7) is 0. The zero-order valence-electron chi connectivity index (χ0n) is 13.0. The second kappa shape index (κ2) is 6.51. The molecule has 0 bridgehead atoms. The molecule has 1 heterocycles. The number of alkyl halides is 3. The Kier molecular flexibility index (Phi) is 4.37. The number of anilines is 1. The van der Waals surface area contributed by atoms with E-state index in [9.17, 15) is 28.1 Å². The van der Waals surface area contributed by atoms with Crippen molar-refractivity contribution in [3.05, 3.63) is 87.2 Å². The summed E-state index contributed by atoms with van der Waals surface area (Å²) in [6.07, 6.45) is -4.85. The number of rotatable bonds is 4. The summed E-state index contributed by atoms with van der Waals surface area (Å²) in [4.78, 5) is 22.4. The summed E-state index contributed by atoms with van der Waals surface area (Å²) >= 11 is 0. The second-order valence-corrected chi connectivity index (χ2v) is 5.42. The molecule has 0 fully saturated rings. The van der Waals surface area contributed by atoms with E-state index in [1.54, 1.807) is 12.1 Å². The van der Waals surface area contributed by atoms with Crippen molar-refractivity contribution in [3.8, 4) is 0 Å². The average Bonchev–Trinajstić information content (AvgIpc) is 2.92. The number of halogens is 3. The first-order chi connectivity index (χ1) is 12.3. The standard InChI is InChI=1S/C17H11F3N2O4/c18-17(19,20)10-4-3-5-11(8-10)21-9-14(22(24)25)15-12-6-1-2-7-13(12)16(23)26-15/h1-9,15,21H/b14-9+. The van der Waals surface area contributed by atoms with Gasteiger partial charge in [0, 0.05) is 11.3 Å². The number of fused-ring (bicyclic) bond motifs is 1. The number of ether oxygens (including phenoxy) is 1. The van der Waals surface area contributed by atoms with Gasteiger partial charge in [0.1, 0.15) is 0 Å². The van der Waals surface area contributed by atoms with Crippen molar-refractivity contribution in [2.24, 2.45) is 0 Å². The number of carbonyl (C=O) groups is 1. The Labute approximate surface area is 145 Å². The quantitative estimate of drug-likeness (QED) is 0.501. The Morgan fingerprint density at radius 3 is 2.62 bits per heavy atom. The molecule has 0 spiro atoms. The van der Waals surface area contributed by atoms with Gasteiger partial charge in [-0.2, -0.15) is 13.2 Å². The summed E-state index contributed by atoms with van der Waals surface area (Å²) in [7, 11) is 0. The number of cyclic esters (lactones) is 1. The van der Waals surface area contributed by atoms with Crippen LogP contribution < -0.4 is 5.32 Å². The predicted molar refractivity (Wildman–Crippen MR) is 84.7 cm³/mol. The SMILES string of the molecule is O=C1OC(/C(=C\Nc2cccc(C(F)(F)F)c2)[N+](=O)[O-])c2ccccc21. The van der Waals surface area contributed by atoms with Crippen LogP contribution in [-0.4, -0.2) is 10.9 Å². The van der Waals surface area contributed by atoms with Crippen molar-refractivity contribution in [1.29, 1.82) is 0 Å². The van der Waals surface area contributed by atoms with Gasteiger partial charge in [0.05, 0.1) is 22.3 Å². The van der Waals surface area contributed by atoms with E-state index in [0.29, 0.717) is 5.56 Å². The third-order valence-corrected chi connectivity index (χ3v) is 3.74. The molecule has 1 aliphatic rings. The molecule has 1 atom stereocenters. The van der Waals surface area contributed by atoms with Crippen molar-refractivity contribution >= 4 is 11.7 Å². The highest BCUT2D eigenvalue weighted by molar-refractivity contribution is 5.94. The molecule has 1 N–H and O–H groups in total. The molecule has 0 saturated carbocycles. The number of nitro groups is 1. The third-order valence-electron chi connectivity index (χ3n) is 3.74.